The van der Waals surface area contributed by atoms with Crippen LogP contribution in [0, 0.1) is 5.41 Å². The summed E-state index contributed by atoms with van der Waals surface area (Å²) in [5.41, 5.74) is 0.167. The number of carbonyl (C=O) groups excluding carboxylic acids is 1. The minimum atomic E-state index is -0.560. The van der Waals surface area contributed by atoms with Crippen molar-refractivity contribution in [2.45, 2.75) is 39.5 Å². The molecule has 0 aliphatic carbocycles. The highest BCUT2D eigenvalue weighted by molar-refractivity contribution is 7.15. The molecule has 0 aliphatic heterocycles. The van der Waals surface area contributed by atoms with Gasteiger partial charge >= 0.3 is 0 Å². The molecule has 6 heteroatoms. The fourth-order valence-corrected chi connectivity index (χ4v) is 2.13. The summed E-state index contributed by atoms with van der Waals surface area (Å²) in [6.07, 6.45) is 0.844. The number of anilines is 1. The molecule has 0 bridgehead atoms. The van der Waals surface area contributed by atoms with Crippen LogP contribution in [0.15, 0.2) is 0 Å². The molecule has 1 heterocycles. The van der Waals surface area contributed by atoms with Crippen LogP contribution in [0.2, 0.25) is 0 Å². The topological polar surface area (TPSA) is 54.9 Å². The molecule has 0 aromatic carbocycles. The first-order valence-corrected chi connectivity index (χ1v) is 6.30. The summed E-state index contributed by atoms with van der Waals surface area (Å²) in [7, 11) is 0. The van der Waals surface area contributed by atoms with Gasteiger partial charge in [-0.1, -0.05) is 32.1 Å². The summed E-state index contributed by atoms with van der Waals surface area (Å²) in [6.45, 7) is 8.02. The van der Waals surface area contributed by atoms with E-state index in [0.29, 0.717) is 5.13 Å². The number of halogens is 1. The average Bonchev–Trinajstić information content (AvgIpc) is 2.49. The first-order valence-electron chi connectivity index (χ1n) is 5.05. The van der Waals surface area contributed by atoms with Gasteiger partial charge in [0.15, 0.2) is 0 Å². The summed E-state index contributed by atoms with van der Waals surface area (Å²) in [4.78, 5) is 11.3. The van der Waals surface area contributed by atoms with E-state index in [-0.39, 0.29) is 11.3 Å². The van der Waals surface area contributed by atoms with E-state index < -0.39 is 5.38 Å². The molecule has 1 N–H and O–H groups in total. The van der Waals surface area contributed by atoms with E-state index in [0.717, 1.165) is 11.4 Å². The van der Waals surface area contributed by atoms with Crippen LogP contribution >= 0.6 is 22.9 Å². The Hall–Kier alpha value is -0.680. The van der Waals surface area contributed by atoms with Gasteiger partial charge in [-0.2, -0.15) is 0 Å². The van der Waals surface area contributed by atoms with Crippen molar-refractivity contribution in [3.05, 3.63) is 5.01 Å². The summed E-state index contributed by atoms with van der Waals surface area (Å²) in [5, 5.41) is 11.4. The van der Waals surface area contributed by atoms with Gasteiger partial charge in [-0.15, -0.1) is 21.8 Å². The zero-order chi connectivity index (χ0) is 12.3. The van der Waals surface area contributed by atoms with Gasteiger partial charge < -0.3 is 0 Å². The van der Waals surface area contributed by atoms with Crippen molar-refractivity contribution in [1.29, 1.82) is 0 Å². The van der Waals surface area contributed by atoms with E-state index in [9.17, 15) is 4.79 Å². The Morgan fingerprint density at radius 3 is 2.62 bits per heavy atom. The molecule has 90 valence electrons. The third-order valence-electron chi connectivity index (χ3n) is 1.74. The maximum absolute atomic E-state index is 11.3. The lowest BCUT2D eigenvalue weighted by Crippen LogP contribution is -2.20. The Kier molecular flexibility index (Phi) is 4.27. The van der Waals surface area contributed by atoms with Crippen LogP contribution in [-0.2, 0) is 11.2 Å². The highest BCUT2D eigenvalue weighted by atomic mass is 35.5. The lowest BCUT2D eigenvalue weighted by atomic mass is 9.93. The minimum Gasteiger partial charge on any atom is -0.299 e. The van der Waals surface area contributed by atoms with Crippen LogP contribution in [-0.4, -0.2) is 21.5 Å². The predicted molar refractivity (Wildman–Crippen MR) is 67.0 cm³/mol. The van der Waals surface area contributed by atoms with Crippen LogP contribution in [0.25, 0.3) is 0 Å². The van der Waals surface area contributed by atoms with Crippen molar-refractivity contribution in [2.75, 3.05) is 5.32 Å². The molecule has 0 fully saturated rings. The van der Waals surface area contributed by atoms with Gasteiger partial charge in [0.2, 0.25) is 11.0 Å². The number of alkyl halides is 1. The van der Waals surface area contributed by atoms with E-state index in [1.54, 1.807) is 6.92 Å². The molecule has 0 saturated carbocycles. The SMILES string of the molecule is C[C@@H](Cl)C(=O)Nc1nnc(CC(C)(C)C)s1. The summed E-state index contributed by atoms with van der Waals surface area (Å²) < 4.78 is 0. The number of carbonyl (C=O) groups is 1. The fraction of sp³-hybridized carbons (Fsp3) is 0.700. The van der Waals surface area contributed by atoms with Crippen molar-refractivity contribution < 1.29 is 4.79 Å². The third-order valence-corrected chi connectivity index (χ3v) is 2.78. The highest BCUT2D eigenvalue weighted by Gasteiger charge is 2.16. The van der Waals surface area contributed by atoms with Gasteiger partial charge in [0.05, 0.1) is 0 Å². The van der Waals surface area contributed by atoms with Gasteiger partial charge in [0.25, 0.3) is 0 Å². The zero-order valence-corrected chi connectivity index (χ0v) is 11.4. The number of rotatable bonds is 3. The molecule has 0 aliphatic rings. The number of nitrogens with one attached hydrogen (secondary N) is 1. The van der Waals surface area contributed by atoms with Crippen LogP contribution < -0.4 is 5.32 Å². The Labute approximate surface area is 104 Å². The summed E-state index contributed by atoms with van der Waals surface area (Å²) in [5.74, 6) is -0.250. The van der Waals surface area contributed by atoms with Crippen LogP contribution in [0.4, 0.5) is 5.13 Å². The predicted octanol–water partition coefficient (Wildman–Crippen LogP) is 2.69. The Balaban J connectivity index is 2.62. The monoisotopic (exact) mass is 261 g/mol. The molecular formula is C10H16ClN3OS. The molecular weight excluding hydrogens is 246 g/mol. The molecule has 16 heavy (non-hydrogen) atoms. The number of hydrogen-bond acceptors (Lipinski definition) is 4. The van der Waals surface area contributed by atoms with Crippen LogP contribution in [0.3, 0.4) is 0 Å². The highest BCUT2D eigenvalue weighted by Crippen LogP contribution is 2.24. The maximum Gasteiger partial charge on any atom is 0.243 e. The molecule has 4 nitrogen and oxygen atoms in total. The number of nitrogens with zero attached hydrogens (tertiary/aromatic N) is 2. The van der Waals surface area contributed by atoms with E-state index in [1.807, 2.05) is 0 Å². The molecule has 1 aromatic rings. The normalized spacial score (nSPS) is 13.6. The molecule has 0 radical (unpaired) electrons. The Morgan fingerprint density at radius 2 is 2.12 bits per heavy atom. The number of hydrogen-bond donors (Lipinski definition) is 1. The lowest BCUT2D eigenvalue weighted by Gasteiger charge is -2.14. The van der Waals surface area contributed by atoms with Gasteiger partial charge in [-0.25, -0.2) is 0 Å². The van der Waals surface area contributed by atoms with Crippen molar-refractivity contribution >= 4 is 34.0 Å². The van der Waals surface area contributed by atoms with Crippen molar-refractivity contribution in [3.63, 3.8) is 0 Å². The molecule has 1 rings (SSSR count). The first kappa shape index (κ1) is 13.4. The van der Waals surface area contributed by atoms with Gasteiger partial charge in [-0.3, -0.25) is 10.1 Å². The number of amides is 1. The standard InChI is InChI=1S/C10H16ClN3OS/c1-6(11)8(15)12-9-14-13-7(16-9)5-10(2,3)4/h6H,5H2,1-4H3,(H,12,14,15)/t6-/m1/s1. The van der Waals surface area contributed by atoms with Crippen molar-refractivity contribution in [1.82, 2.24) is 10.2 Å². The number of aromatic nitrogens is 2. The quantitative estimate of drug-likeness (QED) is 0.851. The second-order valence-corrected chi connectivity index (χ2v) is 6.56. The molecule has 1 amide bonds. The van der Waals surface area contributed by atoms with Gasteiger partial charge in [0.1, 0.15) is 10.4 Å². The largest absolute Gasteiger partial charge is 0.299 e. The second kappa shape index (κ2) is 5.10. The summed E-state index contributed by atoms with van der Waals surface area (Å²) in [6, 6.07) is 0. The van der Waals surface area contributed by atoms with Gasteiger partial charge in [-0.05, 0) is 12.3 Å². The molecule has 0 unspecified atom stereocenters. The van der Waals surface area contributed by atoms with E-state index in [2.05, 4.69) is 36.3 Å². The zero-order valence-electron chi connectivity index (χ0n) is 9.87. The Bertz CT molecular complexity index is 370. The van der Waals surface area contributed by atoms with E-state index >= 15 is 0 Å². The molecule has 0 spiro atoms. The third kappa shape index (κ3) is 4.45. The maximum atomic E-state index is 11.3. The lowest BCUT2D eigenvalue weighted by molar-refractivity contribution is -0.115. The molecule has 1 aromatic heterocycles. The van der Waals surface area contributed by atoms with Crippen molar-refractivity contribution in [2.24, 2.45) is 5.41 Å². The van der Waals surface area contributed by atoms with Crippen LogP contribution in [0.1, 0.15) is 32.7 Å². The Morgan fingerprint density at radius 1 is 1.50 bits per heavy atom. The molecule has 1 atom stereocenters. The smallest absolute Gasteiger partial charge is 0.243 e. The fourth-order valence-electron chi connectivity index (χ4n) is 1.03. The summed E-state index contributed by atoms with van der Waals surface area (Å²) >= 11 is 7.03. The van der Waals surface area contributed by atoms with E-state index in [1.165, 1.54) is 11.3 Å². The van der Waals surface area contributed by atoms with Crippen LogP contribution in [0.5, 0.6) is 0 Å². The minimum absolute atomic E-state index is 0.167. The van der Waals surface area contributed by atoms with E-state index in [4.69, 9.17) is 11.6 Å². The van der Waals surface area contributed by atoms with Crippen molar-refractivity contribution in [3.8, 4) is 0 Å². The molecule has 0 saturated heterocycles. The second-order valence-electron chi connectivity index (χ2n) is 4.84. The first-order chi connectivity index (χ1) is 7.28. The average molecular weight is 262 g/mol. The van der Waals surface area contributed by atoms with Gasteiger partial charge in [0, 0.05) is 6.42 Å².